The van der Waals surface area contributed by atoms with Crippen molar-refractivity contribution >= 4 is 80.3 Å². The first-order valence-corrected chi connectivity index (χ1v) is 25.1. The predicted octanol–water partition coefficient (Wildman–Crippen LogP) is 9.15. The summed E-state index contributed by atoms with van der Waals surface area (Å²) >= 11 is 13.3. The van der Waals surface area contributed by atoms with Crippen molar-refractivity contribution < 1.29 is 64.4 Å². The van der Waals surface area contributed by atoms with Crippen LogP contribution < -0.4 is 29.2 Å². The number of pyridine rings is 1. The van der Waals surface area contributed by atoms with Gasteiger partial charge in [-0.3, -0.25) is 19.3 Å². The van der Waals surface area contributed by atoms with Crippen molar-refractivity contribution in [2.75, 3.05) is 42.6 Å². The number of benzene rings is 4. The first-order chi connectivity index (χ1) is 31.4. The summed E-state index contributed by atoms with van der Waals surface area (Å²) in [6, 6.07) is 21.4. The molecule has 0 fully saturated rings. The molecule has 0 aliphatic heterocycles. The van der Waals surface area contributed by atoms with E-state index < -0.39 is 36.5 Å². The van der Waals surface area contributed by atoms with E-state index in [1.54, 1.807) is 6.07 Å². The standard InChI is InChI=1S/C45H49Cl2F2N4O11PS/c1-66(59,60)52-32-16-18-38-34(24-32)41-33(17-19-39(43(41)62-38)63-45(48)49)44(55)51-42-35(46)27-53(28-36(42)47)26-31-15-14-30(23-40(31)64-65(56,57)58)37(54)25-50-20-8-2-3-9-21-61-22-10-7-13-29-11-5-4-6-12-29/h4-6,11-12,14-19,23-24,27-28,37,45,50,52,54H,2-3,7-10,13,20-22,25-26H2,1H3,(H2,56,57,58)/p+1. The summed E-state index contributed by atoms with van der Waals surface area (Å²) in [6.07, 6.45) is 9.77. The molecule has 4 aromatic carbocycles. The quantitative estimate of drug-likeness (QED) is 0.0180. The largest absolute Gasteiger partial charge is 0.524 e. The van der Waals surface area contributed by atoms with E-state index in [1.807, 2.05) is 6.07 Å². The van der Waals surface area contributed by atoms with Crippen LogP contribution in [0.4, 0.5) is 20.2 Å². The van der Waals surface area contributed by atoms with Crippen LogP contribution in [0.15, 0.2) is 95.7 Å². The van der Waals surface area contributed by atoms with Crippen LogP contribution in [0, 0.1) is 0 Å². The molecule has 0 aliphatic carbocycles. The SMILES string of the molecule is CS(=O)(=O)Nc1ccc2oc3c(OC(F)F)ccc(C(=O)Nc4c(Cl)c[n+](Cc5ccc(C(O)CNCCCCCCOCCCCc6ccccc6)cc5OP(=O)(O)O)cc4Cl)c3c2c1. The highest BCUT2D eigenvalue weighted by Crippen LogP contribution is 2.42. The molecule has 1 atom stereocenters. The van der Waals surface area contributed by atoms with Gasteiger partial charge >= 0.3 is 14.4 Å². The Morgan fingerprint density at radius 2 is 1.61 bits per heavy atom. The normalized spacial score (nSPS) is 12.5. The molecule has 0 spiro atoms. The number of aryl methyl sites for hydroxylation is 1. The van der Waals surface area contributed by atoms with Crippen molar-refractivity contribution in [1.82, 2.24) is 5.32 Å². The van der Waals surface area contributed by atoms with Gasteiger partial charge in [-0.2, -0.15) is 13.3 Å². The molecule has 1 amide bonds. The average Bonchev–Trinajstić information content (AvgIpc) is 3.63. The number of aromatic nitrogens is 1. The lowest BCUT2D eigenvalue weighted by atomic mass is 10.0. The van der Waals surface area contributed by atoms with Crippen LogP contribution in [-0.2, 0) is 32.3 Å². The maximum absolute atomic E-state index is 13.9. The molecule has 66 heavy (non-hydrogen) atoms. The van der Waals surface area contributed by atoms with E-state index in [1.165, 1.54) is 58.9 Å². The van der Waals surface area contributed by atoms with Gasteiger partial charge in [-0.1, -0.05) is 72.4 Å². The van der Waals surface area contributed by atoms with Crippen molar-refractivity contribution in [3.8, 4) is 11.5 Å². The van der Waals surface area contributed by atoms with Crippen LogP contribution in [0.5, 0.6) is 11.5 Å². The zero-order valence-electron chi connectivity index (χ0n) is 35.7. The van der Waals surface area contributed by atoms with E-state index in [9.17, 15) is 41.5 Å². The number of carbonyl (C=O) groups is 1. The third kappa shape index (κ3) is 14.8. The summed E-state index contributed by atoms with van der Waals surface area (Å²) in [4.78, 5) is 33.3. The number of carbonyl (C=O) groups excluding carboxylic acids is 1. The third-order valence-electron chi connectivity index (χ3n) is 10.2. The number of alkyl halides is 2. The monoisotopic (exact) mass is 993 g/mol. The molecule has 2 aromatic heterocycles. The number of nitrogens with zero attached hydrogens (tertiary/aromatic N) is 1. The van der Waals surface area contributed by atoms with Gasteiger partial charge in [0.1, 0.15) is 21.4 Å². The van der Waals surface area contributed by atoms with Gasteiger partial charge in [0.05, 0.1) is 29.2 Å². The summed E-state index contributed by atoms with van der Waals surface area (Å²) in [7, 11) is -8.76. The minimum atomic E-state index is -5.05. The number of phosphoric acid groups is 1. The van der Waals surface area contributed by atoms with E-state index in [0.717, 1.165) is 70.5 Å². The summed E-state index contributed by atoms with van der Waals surface area (Å²) in [5, 5.41) is 16.9. The molecule has 0 bridgehead atoms. The number of fused-ring (bicyclic) bond motifs is 3. The second-order valence-electron chi connectivity index (χ2n) is 15.5. The number of phosphoric ester groups is 1. The van der Waals surface area contributed by atoms with E-state index in [0.29, 0.717) is 12.1 Å². The predicted molar refractivity (Wildman–Crippen MR) is 248 cm³/mol. The van der Waals surface area contributed by atoms with Crippen LogP contribution in [0.3, 0.4) is 0 Å². The molecule has 1 unspecified atom stereocenters. The van der Waals surface area contributed by atoms with Crippen molar-refractivity contribution in [3.63, 3.8) is 0 Å². The number of furan rings is 1. The number of rotatable bonds is 25. The number of sulfonamides is 1. The number of hydrogen-bond acceptors (Lipinski definition) is 10. The smallest absolute Gasteiger partial charge is 0.452 e. The summed E-state index contributed by atoms with van der Waals surface area (Å²) in [6.45, 7) is -0.972. The van der Waals surface area contributed by atoms with Crippen LogP contribution in [0.1, 0.15) is 71.7 Å². The first-order valence-electron chi connectivity index (χ1n) is 20.9. The van der Waals surface area contributed by atoms with Crippen LogP contribution >= 0.6 is 31.0 Å². The molecular formula is C45H50Cl2F2N4O11PS+. The van der Waals surface area contributed by atoms with Gasteiger partial charge in [0.15, 0.2) is 30.3 Å². The number of ether oxygens (including phenoxy) is 2. The van der Waals surface area contributed by atoms with Crippen molar-refractivity contribution in [2.45, 2.75) is 64.2 Å². The summed E-state index contributed by atoms with van der Waals surface area (Å²) < 4.78 is 87.6. The third-order valence-corrected chi connectivity index (χ3v) is 11.9. The van der Waals surface area contributed by atoms with Gasteiger partial charge in [-0.05, 0) is 92.2 Å². The molecule has 2 heterocycles. The Hall–Kier alpha value is -4.88. The van der Waals surface area contributed by atoms with Crippen LogP contribution in [0.2, 0.25) is 10.0 Å². The van der Waals surface area contributed by atoms with Crippen molar-refractivity contribution in [1.29, 1.82) is 0 Å². The maximum Gasteiger partial charge on any atom is 0.524 e. The second kappa shape index (κ2) is 23.2. The number of unbranched alkanes of at least 4 members (excludes halogenated alkanes) is 4. The van der Waals surface area contributed by atoms with Crippen LogP contribution in [0.25, 0.3) is 21.9 Å². The molecule has 0 radical (unpaired) electrons. The number of amides is 1. The van der Waals surface area contributed by atoms with Crippen molar-refractivity contribution in [3.05, 3.63) is 124 Å². The molecule has 6 rings (SSSR count). The Morgan fingerprint density at radius 3 is 2.30 bits per heavy atom. The zero-order valence-corrected chi connectivity index (χ0v) is 38.9. The lowest BCUT2D eigenvalue weighted by Gasteiger charge is -2.16. The molecule has 15 nitrogen and oxygen atoms in total. The number of aliphatic hydroxyl groups excluding tert-OH is 1. The van der Waals surface area contributed by atoms with Gasteiger partial charge in [0.25, 0.3) is 5.91 Å². The van der Waals surface area contributed by atoms with E-state index >= 15 is 0 Å². The van der Waals surface area contributed by atoms with E-state index in [-0.39, 0.29) is 79.1 Å². The molecule has 6 N–H and O–H groups in total. The van der Waals surface area contributed by atoms with Gasteiger partial charge < -0.3 is 34.2 Å². The zero-order chi connectivity index (χ0) is 47.4. The Morgan fingerprint density at radius 1 is 0.894 bits per heavy atom. The van der Waals surface area contributed by atoms with Crippen LogP contribution in [-0.4, -0.2) is 68.4 Å². The van der Waals surface area contributed by atoms with Gasteiger partial charge in [-0.25, -0.2) is 13.0 Å². The molecular weight excluding hydrogens is 944 g/mol. The Labute approximate surface area is 390 Å². The lowest BCUT2D eigenvalue weighted by Crippen LogP contribution is -2.34. The second-order valence-corrected chi connectivity index (χ2v) is 19.2. The van der Waals surface area contributed by atoms with Gasteiger partial charge in [0, 0.05) is 36.2 Å². The topological polar surface area (TPSA) is 210 Å². The Balaban J connectivity index is 1.06. The minimum Gasteiger partial charge on any atom is -0.452 e. The Kier molecular flexibility index (Phi) is 17.8. The van der Waals surface area contributed by atoms with Gasteiger partial charge in [-0.15, -0.1) is 0 Å². The van der Waals surface area contributed by atoms with Crippen molar-refractivity contribution in [2.24, 2.45) is 0 Å². The van der Waals surface area contributed by atoms with Gasteiger partial charge in [0.2, 0.25) is 10.0 Å². The maximum atomic E-state index is 13.9. The molecule has 21 heteroatoms. The van der Waals surface area contributed by atoms with E-state index in [2.05, 4.69) is 44.4 Å². The average molecular weight is 995 g/mol. The first kappa shape index (κ1) is 50.5. The highest BCUT2D eigenvalue weighted by Gasteiger charge is 2.26. The highest BCUT2D eigenvalue weighted by atomic mass is 35.5. The highest BCUT2D eigenvalue weighted by molar-refractivity contribution is 7.92. The Bertz CT molecular complexity index is 2760. The fraction of sp³-hybridized carbons (Fsp3) is 0.333. The number of nitrogens with one attached hydrogen (secondary N) is 3. The molecule has 0 aliphatic rings. The number of anilines is 2. The minimum absolute atomic E-state index is 0.0337. The molecule has 0 saturated carbocycles. The summed E-state index contributed by atoms with van der Waals surface area (Å²) in [5.74, 6) is -1.36. The lowest BCUT2D eigenvalue weighted by molar-refractivity contribution is -0.688. The number of aliphatic hydroxyl groups is 1. The summed E-state index contributed by atoms with van der Waals surface area (Å²) in [5.41, 5.74) is 1.91. The number of halogens is 4. The fourth-order valence-corrected chi connectivity index (χ4v) is 8.82. The molecule has 0 saturated heterocycles. The number of hydrogen-bond donors (Lipinski definition) is 6. The molecule has 6 aromatic rings. The molecule has 354 valence electrons. The van der Waals surface area contributed by atoms with E-state index in [4.69, 9.17) is 36.9 Å². The fourth-order valence-electron chi connectivity index (χ4n) is 7.24.